The van der Waals surface area contributed by atoms with E-state index in [1.165, 1.54) is 12.3 Å². The Balaban J connectivity index is 1.80. The van der Waals surface area contributed by atoms with Gasteiger partial charge in [-0.1, -0.05) is 35.8 Å². The van der Waals surface area contributed by atoms with Crippen LogP contribution in [0.5, 0.6) is 0 Å². The highest BCUT2D eigenvalue weighted by atomic mass is 19.2. The maximum Gasteiger partial charge on any atom is 0.274 e. The molecule has 0 saturated carbocycles. The zero-order chi connectivity index (χ0) is 21.7. The fourth-order valence-corrected chi connectivity index (χ4v) is 2.68. The summed E-state index contributed by atoms with van der Waals surface area (Å²) in [6.45, 7) is 1.97. The molecule has 2 radical (unpaired) electrons. The lowest BCUT2D eigenvalue weighted by Gasteiger charge is -2.16. The molecule has 2 aromatic carbocycles. The minimum Gasteiger partial charge on any atom is -0.364 e. The molecule has 3 aromatic rings. The molecule has 148 valence electrons. The van der Waals surface area contributed by atoms with Crippen LogP contribution in [-0.2, 0) is 6.54 Å². The summed E-state index contributed by atoms with van der Waals surface area (Å²) in [6, 6.07) is 11.7. The van der Waals surface area contributed by atoms with Gasteiger partial charge in [-0.3, -0.25) is 4.79 Å². The van der Waals surface area contributed by atoms with E-state index in [2.05, 4.69) is 20.6 Å². The predicted molar refractivity (Wildman–Crippen MR) is 108 cm³/mol. The lowest BCUT2D eigenvalue weighted by molar-refractivity contribution is 0.0935. The molecule has 0 saturated heterocycles. The third-order valence-corrected chi connectivity index (χ3v) is 4.33. The molecule has 2 N–H and O–H groups in total. The normalized spacial score (nSPS) is 11.4. The minimum atomic E-state index is -1.01. The van der Waals surface area contributed by atoms with Gasteiger partial charge in [-0.15, -0.1) is 0 Å². The van der Waals surface area contributed by atoms with Crippen molar-refractivity contribution < 1.29 is 13.6 Å². The van der Waals surface area contributed by atoms with Gasteiger partial charge in [0.15, 0.2) is 28.8 Å². The average Bonchev–Trinajstić information content (AvgIpc) is 2.75. The number of carbonyl (C=O) groups excluding carboxylic acids is 1. The van der Waals surface area contributed by atoms with Gasteiger partial charge in [-0.2, -0.15) is 5.26 Å². The van der Waals surface area contributed by atoms with E-state index in [-0.39, 0.29) is 17.2 Å². The fourth-order valence-electron chi connectivity index (χ4n) is 2.68. The number of carbonyl (C=O) groups is 1. The summed E-state index contributed by atoms with van der Waals surface area (Å²) in [7, 11) is 5.67. The molecule has 0 aliphatic rings. The third-order valence-electron chi connectivity index (χ3n) is 4.33. The van der Waals surface area contributed by atoms with Gasteiger partial charge in [-0.25, -0.2) is 18.7 Å². The van der Waals surface area contributed by atoms with Gasteiger partial charge >= 0.3 is 0 Å². The maximum atomic E-state index is 13.5. The second kappa shape index (κ2) is 9.14. The van der Waals surface area contributed by atoms with Crippen LogP contribution in [0.1, 0.15) is 40.3 Å². The Hall–Kier alpha value is -3.80. The number of halogens is 2. The van der Waals surface area contributed by atoms with E-state index in [1.807, 2.05) is 18.2 Å². The highest BCUT2D eigenvalue weighted by molar-refractivity contribution is 6.32. The number of benzene rings is 2. The molecule has 0 aliphatic heterocycles. The molecule has 30 heavy (non-hydrogen) atoms. The van der Waals surface area contributed by atoms with Gasteiger partial charge < -0.3 is 10.6 Å². The first-order valence-corrected chi connectivity index (χ1v) is 8.98. The molecule has 0 fully saturated rings. The monoisotopic (exact) mass is 403 g/mol. The largest absolute Gasteiger partial charge is 0.364 e. The van der Waals surface area contributed by atoms with E-state index < -0.39 is 23.6 Å². The van der Waals surface area contributed by atoms with Crippen molar-refractivity contribution in [2.45, 2.75) is 19.5 Å². The van der Waals surface area contributed by atoms with Gasteiger partial charge in [0, 0.05) is 6.54 Å². The fraction of sp³-hybridized carbons (Fsp3) is 0.143. The minimum absolute atomic E-state index is 0.0290. The number of nitrogens with zero attached hydrogens (tertiary/aromatic N) is 3. The van der Waals surface area contributed by atoms with Crippen LogP contribution < -0.4 is 16.1 Å². The van der Waals surface area contributed by atoms with Gasteiger partial charge in [0.05, 0.1) is 12.2 Å². The predicted octanol–water partition coefficient (Wildman–Crippen LogP) is 2.52. The Kier molecular flexibility index (Phi) is 6.37. The van der Waals surface area contributed by atoms with Crippen molar-refractivity contribution in [3.63, 3.8) is 0 Å². The van der Waals surface area contributed by atoms with E-state index in [0.717, 1.165) is 17.7 Å². The Morgan fingerprint density at radius 1 is 1.20 bits per heavy atom. The van der Waals surface area contributed by atoms with Crippen LogP contribution in [0, 0.1) is 23.0 Å². The van der Waals surface area contributed by atoms with E-state index in [0.29, 0.717) is 17.6 Å². The lowest BCUT2D eigenvalue weighted by Crippen LogP contribution is -2.29. The van der Waals surface area contributed by atoms with Crippen LogP contribution in [0.15, 0.2) is 48.7 Å². The summed E-state index contributed by atoms with van der Waals surface area (Å²) < 4.78 is 26.6. The summed E-state index contributed by atoms with van der Waals surface area (Å²) in [5.41, 5.74) is 1.79. The second-order valence-corrected chi connectivity index (χ2v) is 6.53. The highest BCUT2D eigenvalue weighted by Crippen LogP contribution is 2.18. The molecule has 6 nitrogen and oxygen atoms in total. The smallest absolute Gasteiger partial charge is 0.274 e. The number of anilines is 1. The van der Waals surface area contributed by atoms with Crippen LogP contribution in [0.25, 0.3) is 0 Å². The zero-order valence-corrected chi connectivity index (χ0v) is 16.0. The SMILES string of the molecule is [B]c1ccc(CNc2ncc(C#N)nc2C(=O)N[C@@H](C)c2ccc(F)c(F)c2)cc1. The molecule has 0 spiro atoms. The average molecular weight is 403 g/mol. The molecule has 1 amide bonds. The van der Waals surface area contributed by atoms with E-state index in [9.17, 15) is 13.6 Å². The van der Waals surface area contributed by atoms with Crippen molar-refractivity contribution in [3.8, 4) is 6.07 Å². The number of hydrogen-bond acceptors (Lipinski definition) is 5. The Morgan fingerprint density at radius 2 is 1.93 bits per heavy atom. The first-order valence-electron chi connectivity index (χ1n) is 8.98. The first-order chi connectivity index (χ1) is 14.4. The molecular weight excluding hydrogens is 387 g/mol. The highest BCUT2D eigenvalue weighted by Gasteiger charge is 2.19. The Labute approximate surface area is 173 Å². The molecule has 0 aliphatic carbocycles. The standard InChI is InChI=1S/C21H16BF2N5O/c1-12(14-4-7-17(23)18(24)8-14)28-21(30)19-20(27-11-16(9-25)29-19)26-10-13-2-5-15(22)6-3-13/h2-8,11-12H,10H2,1H3,(H,26,27)(H,28,30)/t12-/m0/s1. The van der Waals surface area contributed by atoms with Crippen LogP contribution in [0.2, 0.25) is 0 Å². The lowest BCUT2D eigenvalue weighted by atomic mass is 9.95. The molecule has 0 unspecified atom stereocenters. The summed E-state index contributed by atoms with van der Waals surface area (Å²) in [5, 5.41) is 14.8. The quantitative estimate of drug-likeness (QED) is 0.618. The van der Waals surface area contributed by atoms with Crippen molar-refractivity contribution in [2.75, 3.05) is 5.32 Å². The van der Waals surface area contributed by atoms with Gasteiger partial charge in [0.25, 0.3) is 5.91 Å². The molecule has 1 aromatic heterocycles. The number of hydrogen-bond donors (Lipinski definition) is 2. The number of aromatic nitrogens is 2. The van der Waals surface area contributed by atoms with Crippen molar-refractivity contribution in [2.24, 2.45) is 0 Å². The van der Waals surface area contributed by atoms with Crippen LogP contribution in [0.4, 0.5) is 14.6 Å². The van der Waals surface area contributed by atoms with Gasteiger partial charge in [0.2, 0.25) is 0 Å². The second-order valence-electron chi connectivity index (χ2n) is 6.53. The summed E-state index contributed by atoms with van der Waals surface area (Å²) in [5.74, 6) is -2.41. The number of amides is 1. The number of nitrogens with one attached hydrogen (secondary N) is 2. The first kappa shape index (κ1) is 20.9. The van der Waals surface area contributed by atoms with Crippen LogP contribution >= 0.6 is 0 Å². The molecular formula is C21H16BF2N5O. The van der Waals surface area contributed by atoms with Crippen LogP contribution in [0.3, 0.4) is 0 Å². The summed E-state index contributed by atoms with van der Waals surface area (Å²) >= 11 is 0. The van der Waals surface area contributed by atoms with Crippen molar-refractivity contribution in [3.05, 3.63) is 82.8 Å². The topological polar surface area (TPSA) is 90.7 Å². The maximum absolute atomic E-state index is 13.5. The van der Waals surface area contributed by atoms with E-state index in [4.69, 9.17) is 13.1 Å². The number of rotatable bonds is 6. The molecule has 0 bridgehead atoms. The third kappa shape index (κ3) is 4.97. The van der Waals surface area contributed by atoms with Gasteiger partial charge in [-0.05, 0) is 30.2 Å². The molecule has 1 atom stereocenters. The van der Waals surface area contributed by atoms with Crippen LogP contribution in [-0.4, -0.2) is 23.7 Å². The van der Waals surface area contributed by atoms with Gasteiger partial charge in [0.1, 0.15) is 13.9 Å². The van der Waals surface area contributed by atoms with E-state index in [1.54, 1.807) is 19.1 Å². The molecule has 3 rings (SSSR count). The summed E-state index contributed by atoms with van der Waals surface area (Å²) in [6.07, 6.45) is 1.25. The molecule has 1 heterocycles. The number of nitriles is 1. The molecule has 9 heteroatoms. The summed E-state index contributed by atoms with van der Waals surface area (Å²) in [4.78, 5) is 20.9. The van der Waals surface area contributed by atoms with Crippen molar-refractivity contribution in [1.29, 1.82) is 5.26 Å². The van der Waals surface area contributed by atoms with E-state index >= 15 is 0 Å². The Bertz CT molecular complexity index is 1120. The van der Waals surface area contributed by atoms with Crippen molar-refractivity contribution >= 4 is 25.0 Å². The van der Waals surface area contributed by atoms with Crippen molar-refractivity contribution in [1.82, 2.24) is 15.3 Å². The zero-order valence-electron chi connectivity index (χ0n) is 16.0. The Morgan fingerprint density at radius 3 is 2.60 bits per heavy atom.